The van der Waals surface area contributed by atoms with Gasteiger partial charge >= 0.3 is 0 Å². The van der Waals surface area contributed by atoms with Gasteiger partial charge in [-0.25, -0.2) is 4.98 Å². The van der Waals surface area contributed by atoms with Gasteiger partial charge in [-0.1, -0.05) is 12.1 Å². The van der Waals surface area contributed by atoms with Crippen LogP contribution in [-0.2, 0) is 0 Å². The number of aromatic nitrogens is 1. The van der Waals surface area contributed by atoms with Crippen LogP contribution in [0.2, 0.25) is 0 Å². The van der Waals surface area contributed by atoms with Gasteiger partial charge in [0.2, 0.25) is 0 Å². The zero-order chi connectivity index (χ0) is 14.8. The topological polar surface area (TPSA) is 81.2 Å². The molecule has 1 aromatic carbocycles. The molecule has 3 rings (SSSR count). The minimum atomic E-state index is -0.231. The summed E-state index contributed by atoms with van der Waals surface area (Å²) in [5, 5.41) is 5.19. The second-order valence-electron chi connectivity index (χ2n) is 4.56. The van der Waals surface area contributed by atoms with Crippen molar-refractivity contribution in [2.24, 2.45) is 0 Å². The van der Waals surface area contributed by atoms with E-state index in [9.17, 15) is 4.79 Å². The molecule has 3 aromatic rings. The number of rotatable bonds is 3. The fourth-order valence-electron chi connectivity index (χ4n) is 1.85. The monoisotopic (exact) mass is 299 g/mol. The van der Waals surface area contributed by atoms with Crippen molar-refractivity contribution in [3.8, 4) is 11.3 Å². The number of amides is 1. The number of nitrogens with zero attached hydrogens (tertiary/aromatic N) is 1. The Labute approximate surface area is 125 Å². The van der Waals surface area contributed by atoms with Gasteiger partial charge in [0.25, 0.3) is 5.91 Å². The summed E-state index contributed by atoms with van der Waals surface area (Å²) in [5.74, 6) is 0.465. The lowest BCUT2D eigenvalue weighted by molar-refractivity contribution is 0.102. The smallest absolute Gasteiger partial charge is 0.260 e. The Hall–Kier alpha value is -2.60. The number of furan rings is 1. The highest BCUT2D eigenvalue weighted by Crippen LogP contribution is 2.25. The predicted octanol–water partition coefficient (Wildman–Crippen LogP) is 3.55. The van der Waals surface area contributed by atoms with Gasteiger partial charge in [-0.05, 0) is 25.1 Å². The van der Waals surface area contributed by atoms with Crippen LogP contribution in [-0.4, -0.2) is 10.9 Å². The maximum Gasteiger partial charge on any atom is 0.260 e. The molecular weight excluding hydrogens is 286 g/mol. The number of aryl methyl sites for hydroxylation is 1. The Bertz CT molecular complexity index is 774. The molecule has 2 heterocycles. The molecule has 6 heteroatoms. The molecule has 106 valence electrons. The third-order valence-corrected chi connectivity index (χ3v) is 3.68. The largest absolute Gasteiger partial charge is 0.469 e. The van der Waals surface area contributed by atoms with Gasteiger partial charge in [-0.15, -0.1) is 11.3 Å². The van der Waals surface area contributed by atoms with Crippen LogP contribution >= 0.6 is 11.3 Å². The van der Waals surface area contributed by atoms with Crippen LogP contribution < -0.4 is 11.1 Å². The first-order valence-electron chi connectivity index (χ1n) is 6.30. The minimum absolute atomic E-state index is 0.231. The molecule has 0 unspecified atom stereocenters. The van der Waals surface area contributed by atoms with Crippen molar-refractivity contribution in [2.45, 2.75) is 6.92 Å². The third kappa shape index (κ3) is 2.95. The molecule has 0 bridgehead atoms. The van der Waals surface area contributed by atoms with E-state index >= 15 is 0 Å². The number of anilines is 2. The molecule has 3 N–H and O–H groups in total. The molecule has 0 saturated carbocycles. The average Bonchev–Trinajstić information content (AvgIpc) is 3.09. The Kier molecular flexibility index (Phi) is 3.45. The molecule has 0 fully saturated rings. The Morgan fingerprint density at radius 3 is 2.76 bits per heavy atom. The lowest BCUT2D eigenvalue weighted by Crippen LogP contribution is -2.10. The Morgan fingerprint density at radius 1 is 1.33 bits per heavy atom. The fourth-order valence-corrected chi connectivity index (χ4v) is 2.56. The van der Waals surface area contributed by atoms with Crippen molar-refractivity contribution in [1.29, 1.82) is 0 Å². The van der Waals surface area contributed by atoms with Gasteiger partial charge in [-0.3, -0.25) is 10.1 Å². The standard InChI is InChI=1S/C15H13N3O2S/c1-9-6-11(7-20-9)14(19)18-15-17-13(8-21-15)10-2-4-12(16)5-3-10/h2-8H,16H2,1H3,(H,17,18,19). The van der Waals surface area contributed by atoms with Gasteiger partial charge in [-0.2, -0.15) is 0 Å². The molecular formula is C15H13N3O2S. The molecule has 0 atom stereocenters. The van der Waals surface area contributed by atoms with Crippen molar-refractivity contribution in [3.63, 3.8) is 0 Å². The number of thiazole rings is 1. The van der Waals surface area contributed by atoms with E-state index in [4.69, 9.17) is 10.2 Å². The van der Waals surface area contributed by atoms with Crippen LogP contribution in [0.3, 0.4) is 0 Å². The SMILES string of the molecule is Cc1cc(C(=O)Nc2nc(-c3ccc(N)cc3)cs2)co1. The summed E-state index contributed by atoms with van der Waals surface area (Å²) in [6.45, 7) is 1.79. The van der Waals surface area contributed by atoms with Crippen LogP contribution in [0, 0.1) is 6.92 Å². The number of nitrogens with one attached hydrogen (secondary N) is 1. The number of carbonyl (C=O) groups is 1. The van der Waals surface area contributed by atoms with Gasteiger partial charge in [0.05, 0.1) is 11.3 Å². The predicted molar refractivity (Wildman–Crippen MR) is 83.4 cm³/mol. The van der Waals surface area contributed by atoms with E-state index in [-0.39, 0.29) is 5.91 Å². The number of benzene rings is 1. The molecule has 5 nitrogen and oxygen atoms in total. The Balaban J connectivity index is 1.76. The number of nitrogens with two attached hydrogens (primary N) is 1. The van der Waals surface area contributed by atoms with Crippen LogP contribution in [0.25, 0.3) is 11.3 Å². The van der Waals surface area contributed by atoms with Crippen molar-refractivity contribution < 1.29 is 9.21 Å². The molecule has 1 amide bonds. The van der Waals surface area contributed by atoms with Crippen LogP contribution in [0.4, 0.5) is 10.8 Å². The highest BCUT2D eigenvalue weighted by molar-refractivity contribution is 7.14. The lowest BCUT2D eigenvalue weighted by atomic mass is 10.1. The van der Waals surface area contributed by atoms with Crippen LogP contribution in [0.1, 0.15) is 16.1 Å². The summed E-state index contributed by atoms with van der Waals surface area (Å²) >= 11 is 1.37. The molecule has 2 aromatic heterocycles. The first kappa shape index (κ1) is 13.4. The maximum absolute atomic E-state index is 12.0. The van der Waals surface area contributed by atoms with Crippen molar-refractivity contribution in [3.05, 3.63) is 53.3 Å². The summed E-state index contributed by atoms with van der Waals surface area (Å²) in [4.78, 5) is 16.4. The average molecular weight is 299 g/mol. The highest BCUT2D eigenvalue weighted by atomic mass is 32.1. The molecule has 0 aliphatic heterocycles. The first-order valence-corrected chi connectivity index (χ1v) is 7.18. The molecule has 0 radical (unpaired) electrons. The summed E-state index contributed by atoms with van der Waals surface area (Å²) in [6.07, 6.45) is 1.43. The third-order valence-electron chi connectivity index (χ3n) is 2.92. The normalized spacial score (nSPS) is 10.5. The van der Waals surface area contributed by atoms with Crippen molar-refractivity contribution >= 4 is 28.1 Å². The number of hydrogen-bond donors (Lipinski definition) is 2. The molecule has 0 aliphatic rings. The fraction of sp³-hybridized carbons (Fsp3) is 0.0667. The van der Waals surface area contributed by atoms with E-state index in [1.54, 1.807) is 13.0 Å². The van der Waals surface area contributed by atoms with Gasteiger partial charge in [0.1, 0.15) is 12.0 Å². The quantitative estimate of drug-likeness (QED) is 0.725. The summed E-state index contributed by atoms with van der Waals surface area (Å²) in [6, 6.07) is 9.12. The summed E-state index contributed by atoms with van der Waals surface area (Å²) < 4.78 is 5.12. The number of carbonyl (C=O) groups excluding carboxylic acids is 1. The van der Waals surface area contributed by atoms with Gasteiger partial charge in [0.15, 0.2) is 5.13 Å². The zero-order valence-corrected chi connectivity index (χ0v) is 12.1. The van der Waals surface area contributed by atoms with E-state index in [1.165, 1.54) is 17.6 Å². The highest BCUT2D eigenvalue weighted by Gasteiger charge is 2.11. The van der Waals surface area contributed by atoms with Crippen molar-refractivity contribution in [2.75, 3.05) is 11.1 Å². The molecule has 0 spiro atoms. The van der Waals surface area contributed by atoms with Gasteiger partial charge < -0.3 is 10.2 Å². The minimum Gasteiger partial charge on any atom is -0.469 e. The second kappa shape index (κ2) is 5.41. The maximum atomic E-state index is 12.0. The van der Waals surface area contributed by atoms with E-state index in [0.717, 1.165) is 11.3 Å². The molecule has 0 aliphatic carbocycles. The number of hydrogen-bond acceptors (Lipinski definition) is 5. The van der Waals surface area contributed by atoms with E-state index in [1.807, 2.05) is 29.6 Å². The van der Waals surface area contributed by atoms with Crippen LogP contribution in [0.5, 0.6) is 0 Å². The van der Waals surface area contributed by atoms with E-state index in [0.29, 0.717) is 22.1 Å². The Morgan fingerprint density at radius 2 is 2.10 bits per heavy atom. The first-order chi connectivity index (χ1) is 10.1. The van der Waals surface area contributed by atoms with E-state index < -0.39 is 0 Å². The zero-order valence-electron chi connectivity index (χ0n) is 11.3. The summed E-state index contributed by atoms with van der Waals surface area (Å²) in [5.41, 5.74) is 8.61. The molecule has 0 saturated heterocycles. The lowest BCUT2D eigenvalue weighted by Gasteiger charge is -1.99. The second-order valence-corrected chi connectivity index (χ2v) is 5.42. The van der Waals surface area contributed by atoms with Crippen LogP contribution in [0.15, 0.2) is 46.4 Å². The number of nitrogen functional groups attached to an aromatic ring is 1. The van der Waals surface area contributed by atoms with Gasteiger partial charge in [0, 0.05) is 16.6 Å². The molecule has 21 heavy (non-hydrogen) atoms. The van der Waals surface area contributed by atoms with Crippen molar-refractivity contribution in [1.82, 2.24) is 4.98 Å². The summed E-state index contributed by atoms with van der Waals surface area (Å²) in [7, 11) is 0. The van der Waals surface area contributed by atoms with E-state index in [2.05, 4.69) is 10.3 Å².